The lowest BCUT2D eigenvalue weighted by molar-refractivity contribution is 0.0919. The molecule has 0 saturated heterocycles. The molecule has 2 N–H and O–H groups in total. The molecule has 0 aromatic carbocycles. The van der Waals surface area contributed by atoms with E-state index < -0.39 is 18.7 Å². The van der Waals surface area contributed by atoms with E-state index in [9.17, 15) is 4.39 Å². The van der Waals surface area contributed by atoms with Crippen LogP contribution in [0.15, 0.2) is 12.3 Å². The summed E-state index contributed by atoms with van der Waals surface area (Å²) in [6.07, 6.45) is -0.138. The van der Waals surface area contributed by atoms with Crippen molar-refractivity contribution >= 4 is 11.6 Å². The molecule has 0 aliphatic heterocycles. The average molecular weight is 192 g/mol. The van der Waals surface area contributed by atoms with Gasteiger partial charge in [0.1, 0.15) is 6.10 Å². The highest BCUT2D eigenvalue weighted by Gasteiger charge is 2.12. The van der Waals surface area contributed by atoms with Gasteiger partial charge in [-0.15, -0.1) is 0 Å². The molecule has 12 heavy (non-hydrogen) atoms. The van der Waals surface area contributed by atoms with Gasteiger partial charge in [-0.2, -0.15) is 4.39 Å². The van der Waals surface area contributed by atoms with Crippen LogP contribution in [0.25, 0.3) is 0 Å². The Morgan fingerprint density at radius 1 is 1.67 bits per heavy atom. The largest absolute Gasteiger partial charge is 0.393 e. The standard InChI is InChI=1S/C7H7ClFNO2/c8-4-1-5(6(12)3-11)7(9)10-2-4/h1-2,6,11-12H,3H2. The van der Waals surface area contributed by atoms with Crippen LogP contribution in [0.1, 0.15) is 11.7 Å². The fourth-order valence-corrected chi connectivity index (χ4v) is 0.937. The molecule has 0 fully saturated rings. The van der Waals surface area contributed by atoms with Gasteiger partial charge >= 0.3 is 0 Å². The Morgan fingerprint density at radius 3 is 2.92 bits per heavy atom. The summed E-state index contributed by atoms with van der Waals surface area (Å²) in [6, 6.07) is 1.23. The van der Waals surface area contributed by atoms with Crippen molar-refractivity contribution < 1.29 is 14.6 Å². The SMILES string of the molecule is OCC(O)c1cc(Cl)cnc1F. The Kier molecular flexibility index (Phi) is 2.97. The molecule has 1 aromatic rings. The molecular weight excluding hydrogens is 185 g/mol. The lowest BCUT2D eigenvalue weighted by atomic mass is 10.2. The zero-order chi connectivity index (χ0) is 9.14. The van der Waals surface area contributed by atoms with Crippen molar-refractivity contribution in [1.82, 2.24) is 4.98 Å². The number of rotatable bonds is 2. The minimum atomic E-state index is -1.27. The zero-order valence-electron chi connectivity index (χ0n) is 6.04. The number of nitrogens with zero attached hydrogens (tertiary/aromatic N) is 1. The molecule has 0 amide bonds. The molecule has 66 valence electrons. The fraction of sp³-hybridized carbons (Fsp3) is 0.286. The van der Waals surface area contributed by atoms with E-state index >= 15 is 0 Å². The molecule has 0 radical (unpaired) electrons. The molecule has 1 atom stereocenters. The van der Waals surface area contributed by atoms with E-state index in [4.69, 9.17) is 21.8 Å². The van der Waals surface area contributed by atoms with Gasteiger partial charge in [0.25, 0.3) is 0 Å². The average Bonchev–Trinajstić information content (AvgIpc) is 2.08. The summed E-state index contributed by atoms with van der Waals surface area (Å²) < 4.78 is 12.8. The van der Waals surface area contributed by atoms with E-state index in [1.807, 2.05) is 0 Å². The lowest BCUT2D eigenvalue weighted by Gasteiger charge is -2.07. The van der Waals surface area contributed by atoms with Gasteiger partial charge in [0.05, 0.1) is 11.6 Å². The normalized spacial score (nSPS) is 13.0. The van der Waals surface area contributed by atoms with Gasteiger partial charge in [0.2, 0.25) is 5.95 Å². The van der Waals surface area contributed by atoms with Crippen LogP contribution in [0.2, 0.25) is 5.02 Å². The van der Waals surface area contributed by atoms with Crippen LogP contribution in [0.3, 0.4) is 0 Å². The monoisotopic (exact) mass is 191 g/mol. The van der Waals surface area contributed by atoms with Crippen molar-refractivity contribution in [2.75, 3.05) is 6.61 Å². The highest BCUT2D eigenvalue weighted by molar-refractivity contribution is 6.30. The summed E-state index contributed by atoms with van der Waals surface area (Å²) in [6.45, 7) is -0.557. The second-order valence-corrected chi connectivity index (χ2v) is 2.67. The maximum absolute atomic E-state index is 12.8. The van der Waals surface area contributed by atoms with Crippen molar-refractivity contribution in [3.8, 4) is 0 Å². The number of aliphatic hydroxyl groups is 2. The highest BCUT2D eigenvalue weighted by Crippen LogP contribution is 2.18. The molecule has 1 heterocycles. The maximum Gasteiger partial charge on any atom is 0.218 e. The van der Waals surface area contributed by atoms with Gasteiger partial charge in [0, 0.05) is 11.8 Å². The van der Waals surface area contributed by atoms with Crippen LogP contribution in [-0.4, -0.2) is 21.8 Å². The van der Waals surface area contributed by atoms with Crippen LogP contribution in [0.5, 0.6) is 0 Å². The summed E-state index contributed by atoms with van der Waals surface area (Å²) >= 11 is 5.50. The molecule has 1 unspecified atom stereocenters. The third-order valence-corrected chi connectivity index (χ3v) is 1.57. The van der Waals surface area contributed by atoms with E-state index in [0.29, 0.717) is 0 Å². The highest BCUT2D eigenvalue weighted by atomic mass is 35.5. The Balaban J connectivity index is 3.04. The molecule has 1 aromatic heterocycles. The van der Waals surface area contributed by atoms with Crippen molar-refractivity contribution in [1.29, 1.82) is 0 Å². The summed E-state index contributed by atoms with van der Waals surface area (Å²) in [5, 5.41) is 17.8. The summed E-state index contributed by atoms with van der Waals surface area (Å²) in [4.78, 5) is 3.28. The Bertz CT molecular complexity index is 282. The number of aliphatic hydroxyl groups excluding tert-OH is 2. The predicted octanol–water partition coefficient (Wildman–Crippen LogP) is 0.900. The molecule has 0 saturated carbocycles. The maximum atomic E-state index is 12.8. The number of halogens is 2. The van der Waals surface area contributed by atoms with Crippen LogP contribution >= 0.6 is 11.6 Å². The van der Waals surface area contributed by atoms with Crippen molar-refractivity contribution in [2.45, 2.75) is 6.10 Å². The smallest absolute Gasteiger partial charge is 0.218 e. The second-order valence-electron chi connectivity index (χ2n) is 2.23. The van der Waals surface area contributed by atoms with Crippen LogP contribution < -0.4 is 0 Å². The third kappa shape index (κ3) is 1.91. The molecule has 0 bridgehead atoms. The van der Waals surface area contributed by atoms with E-state index in [1.165, 1.54) is 6.07 Å². The molecule has 5 heteroatoms. The van der Waals surface area contributed by atoms with Gasteiger partial charge in [-0.25, -0.2) is 4.98 Å². The first-order valence-electron chi connectivity index (χ1n) is 3.25. The number of hydrogen-bond acceptors (Lipinski definition) is 3. The van der Waals surface area contributed by atoms with Gasteiger partial charge in [-0.1, -0.05) is 11.6 Å². The Labute approximate surface area is 73.4 Å². The minimum Gasteiger partial charge on any atom is -0.393 e. The van der Waals surface area contributed by atoms with Crippen molar-refractivity contribution in [3.05, 3.63) is 28.8 Å². The summed E-state index contributed by atoms with van der Waals surface area (Å²) in [5.41, 5.74) is -0.0926. The van der Waals surface area contributed by atoms with E-state index in [1.54, 1.807) is 0 Å². The summed E-state index contributed by atoms with van der Waals surface area (Å²) in [7, 11) is 0. The Morgan fingerprint density at radius 2 is 2.33 bits per heavy atom. The van der Waals surface area contributed by atoms with Crippen LogP contribution in [-0.2, 0) is 0 Å². The number of aromatic nitrogens is 1. The van der Waals surface area contributed by atoms with Crippen molar-refractivity contribution in [2.24, 2.45) is 0 Å². The molecular formula is C7H7ClFNO2. The first-order valence-corrected chi connectivity index (χ1v) is 3.63. The third-order valence-electron chi connectivity index (χ3n) is 1.36. The quantitative estimate of drug-likeness (QED) is 0.683. The first-order chi connectivity index (χ1) is 5.65. The summed E-state index contributed by atoms with van der Waals surface area (Å²) in [5.74, 6) is -0.819. The molecule has 3 nitrogen and oxygen atoms in total. The van der Waals surface area contributed by atoms with Crippen LogP contribution in [0.4, 0.5) is 4.39 Å². The fourth-order valence-electron chi connectivity index (χ4n) is 0.770. The number of hydrogen-bond donors (Lipinski definition) is 2. The van der Waals surface area contributed by atoms with Gasteiger partial charge in [0.15, 0.2) is 0 Å². The van der Waals surface area contributed by atoms with Crippen LogP contribution in [0, 0.1) is 5.95 Å². The van der Waals surface area contributed by atoms with Gasteiger partial charge in [-0.05, 0) is 6.07 Å². The zero-order valence-corrected chi connectivity index (χ0v) is 6.79. The minimum absolute atomic E-state index is 0.0926. The topological polar surface area (TPSA) is 53.4 Å². The first kappa shape index (κ1) is 9.38. The molecule has 0 aliphatic carbocycles. The van der Waals surface area contributed by atoms with E-state index in [2.05, 4.69) is 4.98 Å². The molecule has 0 spiro atoms. The van der Waals surface area contributed by atoms with Gasteiger partial charge in [-0.3, -0.25) is 0 Å². The second kappa shape index (κ2) is 3.80. The van der Waals surface area contributed by atoms with E-state index in [0.717, 1.165) is 6.20 Å². The number of pyridine rings is 1. The predicted molar refractivity (Wildman–Crippen MR) is 41.3 cm³/mol. The lowest BCUT2D eigenvalue weighted by Crippen LogP contribution is -2.06. The van der Waals surface area contributed by atoms with Gasteiger partial charge < -0.3 is 10.2 Å². The molecule has 1 rings (SSSR count). The van der Waals surface area contributed by atoms with E-state index in [-0.39, 0.29) is 10.6 Å². The Hall–Kier alpha value is -0.710. The van der Waals surface area contributed by atoms with Crippen molar-refractivity contribution in [3.63, 3.8) is 0 Å². The molecule has 0 aliphatic rings.